The SMILES string of the molecule is Cc1cc(F)c(Nc2nc(CCC(=O)O)cs2)cc1F. The molecule has 0 bridgehead atoms. The highest BCUT2D eigenvalue weighted by molar-refractivity contribution is 7.13. The van der Waals surface area contributed by atoms with Crippen LogP contribution in [0.25, 0.3) is 0 Å². The largest absolute Gasteiger partial charge is 0.481 e. The number of halogens is 2. The van der Waals surface area contributed by atoms with Gasteiger partial charge in [-0.25, -0.2) is 13.8 Å². The van der Waals surface area contributed by atoms with Gasteiger partial charge in [0.2, 0.25) is 0 Å². The molecule has 7 heteroatoms. The van der Waals surface area contributed by atoms with Crippen LogP contribution in [-0.4, -0.2) is 16.1 Å². The first-order chi connectivity index (χ1) is 9.45. The van der Waals surface area contributed by atoms with Gasteiger partial charge in [-0.1, -0.05) is 0 Å². The van der Waals surface area contributed by atoms with E-state index in [1.165, 1.54) is 18.3 Å². The molecule has 4 nitrogen and oxygen atoms in total. The molecule has 106 valence electrons. The monoisotopic (exact) mass is 298 g/mol. The molecule has 1 aromatic carbocycles. The van der Waals surface area contributed by atoms with Gasteiger partial charge in [0.1, 0.15) is 11.6 Å². The number of benzene rings is 1. The van der Waals surface area contributed by atoms with E-state index in [4.69, 9.17) is 5.11 Å². The van der Waals surface area contributed by atoms with Gasteiger partial charge in [0, 0.05) is 17.9 Å². The van der Waals surface area contributed by atoms with Crippen molar-refractivity contribution in [2.24, 2.45) is 0 Å². The van der Waals surface area contributed by atoms with E-state index in [2.05, 4.69) is 10.3 Å². The molecule has 1 heterocycles. The molecule has 0 saturated carbocycles. The summed E-state index contributed by atoms with van der Waals surface area (Å²) in [7, 11) is 0. The zero-order chi connectivity index (χ0) is 14.7. The Morgan fingerprint density at radius 1 is 1.40 bits per heavy atom. The third kappa shape index (κ3) is 3.51. The van der Waals surface area contributed by atoms with Gasteiger partial charge in [-0.15, -0.1) is 11.3 Å². The molecule has 0 aliphatic heterocycles. The number of carboxylic acid groups (broad SMARTS) is 1. The highest BCUT2D eigenvalue weighted by Gasteiger charge is 2.10. The standard InChI is InChI=1S/C13H12F2N2O2S/c1-7-4-10(15)11(5-9(7)14)17-13-16-8(6-20-13)2-3-12(18)19/h4-6H,2-3H2,1H3,(H,16,17)(H,18,19). The molecule has 20 heavy (non-hydrogen) atoms. The van der Waals surface area contributed by atoms with Crippen molar-refractivity contribution in [2.75, 3.05) is 5.32 Å². The summed E-state index contributed by atoms with van der Waals surface area (Å²) >= 11 is 1.21. The van der Waals surface area contributed by atoms with E-state index in [1.54, 1.807) is 5.38 Å². The highest BCUT2D eigenvalue weighted by Crippen LogP contribution is 2.25. The van der Waals surface area contributed by atoms with Gasteiger partial charge >= 0.3 is 5.97 Å². The molecule has 2 N–H and O–H groups in total. The van der Waals surface area contributed by atoms with Crippen LogP contribution < -0.4 is 5.32 Å². The summed E-state index contributed by atoms with van der Waals surface area (Å²) in [6, 6.07) is 2.18. The molecule has 0 atom stereocenters. The van der Waals surface area contributed by atoms with Gasteiger partial charge in [-0.05, 0) is 18.6 Å². The zero-order valence-corrected chi connectivity index (χ0v) is 11.4. The first-order valence-corrected chi connectivity index (χ1v) is 6.72. The van der Waals surface area contributed by atoms with E-state index in [-0.39, 0.29) is 17.7 Å². The summed E-state index contributed by atoms with van der Waals surface area (Å²) < 4.78 is 27.0. The van der Waals surface area contributed by atoms with Crippen LogP contribution in [0, 0.1) is 18.6 Å². The molecule has 0 saturated heterocycles. The number of aromatic nitrogens is 1. The number of aryl methyl sites for hydroxylation is 2. The van der Waals surface area contributed by atoms with Gasteiger partial charge in [0.25, 0.3) is 0 Å². The molecule has 2 rings (SSSR count). The predicted molar refractivity (Wildman–Crippen MR) is 72.4 cm³/mol. The lowest BCUT2D eigenvalue weighted by atomic mass is 10.2. The van der Waals surface area contributed by atoms with Crippen LogP contribution >= 0.6 is 11.3 Å². The van der Waals surface area contributed by atoms with Crippen LogP contribution in [0.4, 0.5) is 19.6 Å². The molecule has 0 radical (unpaired) electrons. The number of hydrogen-bond donors (Lipinski definition) is 2. The van der Waals surface area contributed by atoms with Crippen LogP contribution in [0.3, 0.4) is 0 Å². The molecule has 0 spiro atoms. The molecule has 0 fully saturated rings. The molecular weight excluding hydrogens is 286 g/mol. The second-order valence-electron chi connectivity index (χ2n) is 4.24. The Balaban J connectivity index is 2.10. The average molecular weight is 298 g/mol. The van der Waals surface area contributed by atoms with E-state index < -0.39 is 17.6 Å². The van der Waals surface area contributed by atoms with Crippen molar-refractivity contribution >= 4 is 28.1 Å². The van der Waals surface area contributed by atoms with Crippen LogP contribution in [0.5, 0.6) is 0 Å². The Hall–Kier alpha value is -2.02. The number of nitrogens with one attached hydrogen (secondary N) is 1. The summed E-state index contributed by atoms with van der Waals surface area (Å²) in [5.74, 6) is -1.97. The fourth-order valence-electron chi connectivity index (χ4n) is 1.57. The van der Waals surface area contributed by atoms with Crippen molar-refractivity contribution < 1.29 is 18.7 Å². The van der Waals surface area contributed by atoms with Gasteiger partial charge in [-0.3, -0.25) is 4.79 Å². The van der Waals surface area contributed by atoms with Gasteiger partial charge in [0.15, 0.2) is 5.13 Å². The smallest absolute Gasteiger partial charge is 0.303 e. The predicted octanol–water partition coefficient (Wildman–Crippen LogP) is 3.49. The number of carbonyl (C=O) groups is 1. The van der Waals surface area contributed by atoms with Crippen molar-refractivity contribution in [1.29, 1.82) is 0 Å². The number of anilines is 2. The Morgan fingerprint density at radius 3 is 2.85 bits per heavy atom. The summed E-state index contributed by atoms with van der Waals surface area (Å²) in [6.45, 7) is 1.48. The Kier molecular flexibility index (Phi) is 4.29. The number of thiazole rings is 1. The topological polar surface area (TPSA) is 62.2 Å². The second kappa shape index (κ2) is 5.96. The minimum Gasteiger partial charge on any atom is -0.481 e. The molecule has 0 amide bonds. The lowest BCUT2D eigenvalue weighted by molar-refractivity contribution is -0.136. The van der Waals surface area contributed by atoms with E-state index >= 15 is 0 Å². The summed E-state index contributed by atoms with van der Waals surface area (Å²) in [4.78, 5) is 14.6. The van der Waals surface area contributed by atoms with Crippen LogP contribution in [0.15, 0.2) is 17.5 Å². The van der Waals surface area contributed by atoms with Crippen LogP contribution in [-0.2, 0) is 11.2 Å². The molecule has 0 aliphatic carbocycles. The maximum atomic E-state index is 13.6. The minimum atomic E-state index is -0.904. The molecular formula is C13H12F2N2O2S. The Bertz CT molecular complexity index is 643. The summed E-state index contributed by atoms with van der Waals surface area (Å²) in [5.41, 5.74) is 0.842. The highest BCUT2D eigenvalue weighted by atomic mass is 32.1. The van der Waals surface area contributed by atoms with Gasteiger partial charge in [-0.2, -0.15) is 0 Å². The molecule has 0 unspecified atom stereocenters. The fraction of sp³-hybridized carbons (Fsp3) is 0.231. The van der Waals surface area contributed by atoms with Crippen molar-refractivity contribution in [3.63, 3.8) is 0 Å². The Morgan fingerprint density at radius 2 is 2.15 bits per heavy atom. The maximum absolute atomic E-state index is 13.6. The van der Waals surface area contributed by atoms with Crippen molar-refractivity contribution in [2.45, 2.75) is 19.8 Å². The van der Waals surface area contributed by atoms with Crippen LogP contribution in [0.1, 0.15) is 17.7 Å². The molecule has 1 aromatic heterocycles. The van der Waals surface area contributed by atoms with Crippen molar-refractivity contribution in [3.8, 4) is 0 Å². The molecule has 2 aromatic rings. The number of nitrogens with zero attached hydrogens (tertiary/aromatic N) is 1. The fourth-order valence-corrected chi connectivity index (χ4v) is 2.33. The number of rotatable bonds is 5. The van der Waals surface area contributed by atoms with E-state index in [0.29, 0.717) is 17.2 Å². The number of carboxylic acids is 1. The van der Waals surface area contributed by atoms with Crippen molar-refractivity contribution in [3.05, 3.63) is 40.4 Å². The third-order valence-corrected chi connectivity index (χ3v) is 3.44. The minimum absolute atomic E-state index is 0.00670. The number of hydrogen-bond acceptors (Lipinski definition) is 4. The van der Waals surface area contributed by atoms with Gasteiger partial charge in [0.05, 0.1) is 17.8 Å². The normalized spacial score (nSPS) is 10.6. The van der Waals surface area contributed by atoms with E-state index in [9.17, 15) is 13.6 Å². The van der Waals surface area contributed by atoms with Crippen LogP contribution in [0.2, 0.25) is 0 Å². The third-order valence-electron chi connectivity index (χ3n) is 2.64. The summed E-state index contributed by atoms with van der Waals surface area (Å²) in [5, 5.41) is 13.4. The average Bonchev–Trinajstić information content (AvgIpc) is 2.81. The first-order valence-electron chi connectivity index (χ1n) is 5.84. The van der Waals surface area contributed by atoms with Gasteiger partial charge < -0.3 is 10.4 Å². The quantitative estimate of drug-likeness (QED) is 0.887. The van der Waals surface area contributed by atoms with E-state index in [1.807, 2.05) is 0 Å². The lowest BCUT2D eigenvalue weighted by Crippen LogP contribution is -1.99. The zero-order valence-electron chi connectivity index (χ0n) is 10.6. The summed E-state index contributed by atoms with van der Waals surface area (Å²) in [6.07, 6.45) is 0.287. The Labute approximate surface area is 118 Å². The van der Waals surface area contributed by atoms with Crippen molar-refractivity contribution in [1.82, 2.24) is 4.98 Å². The first kappa shape index (κ1) is 14.4. The lowest BCUT2D eigenvalue weighted by Gasteiger charge is -2.06. The van der Waals surface area contributed by atoms with E-state index in [0.717, 1.165) is 12.1 Å². The maximum Gasteiger partial charge on any atom is 0.303 e. The molecule has 0 aliphatic rings. The second-order valence-corrected chi connectivity index (χ2v) is 5.10. The number of aliphatic carboxylic acids is 1.